The van der Waals surface area contributed by atoms with Crippen LogP contribution in [-0.4, -0.2) is 29.8 Å². The maximum atomic E-state index is 13.1. The lowest BCUT2D eigenvalue weighted by Gasteiger charge is -2.31. The van der Waals surface area contributed by atoms with Crippen molar-refractivity contribution < 1.29 is 14.0 Å². The first-order chi connectivity index (χ1) is 11.5. The van der Waals surface area contributed by atoms with Crippen molar-refractivity contribution in [3.05, 3.63) is 51.4 Å². The summed E-state index contributed by atoms with van der Waals surface area (Å²) in [6, 6.07) is 7.76. The maximum absolute atomic E-state index is 13.1. The number of rotatable bonds is 3. The Labute approximate surface area is 148 Å². The van der Waals surface area contributed by atoms with Crippen molar-refractivity contribution in [2.75, 3.05) is 18.4 Å². The zero-order valence-electron chi connectivity index (χ0n) is 12.8. The van der Waals surface area contributed by atoms with Crippen molar-refractivity contribution in [1.29, 1.82) is 0 Å². The van der Waals surface area contributed by atoms with Gasteiger partial charge in [0.1, 0.15) is 5.82 Å². The maximum Gasteiger partial charge on any atom is 0.263 e. The Morgan fingerprint density at radius 1 is 1.25 bits per heavy atom. The van der Waals surface area contributed by atoms with Crippen LogP contribution in [0.5, 0.6) is 0 Å². The van der Waals surface area contributed by atoms with Gasteiger partial charge in [0.05, 0.1) is 9.90 Å². The van der Waals surface area contributed by atoms with Crippen molar-refractivity contribution in [2.24, 2.45) is 5.92 Å². The van der Waals surface area contributed by atoms with Crippen LogP contribution in [0, 0.1) is 11.7 Å². The summed E-state index contributed by atoms with van der Waals surface area (Å²) in [4.78, 5) is 27.1. The molecule has 1 aromatic carbocycles. The third kappa shape index (κ3) is 3.76. The molecule has 2 amide bonds. The standard InChI is InChI=1S/C17H16ClFN2O2S/c18-13-10-12(3-4-14(13)19)20-16(22)11-5-7-21(8-6-11)17(23)15-2-1-9-24-15/h1-4,9-11H,5-8H2,(H,20,22). The summed E-state index contributed by atoms with van der Waals surface area (Å²) in [5, 5.41) is 4.61. The number of hydrogen-bond donors (Lipinski definition) is 1. The van der Waals surface area contributed by atoms with Crippen LogP contribution in [0.3, 0.4) is 0 Å². The van der Waals surface area contributed by atoms with E-state index in [1.54, 1.807) is 4.90 Å². The predicted molar refractivity (Wildman–Crippen MR) is 93.0 cm³/mol. The lowest BCUT2D eigenvalue weighted by Crippen LogP contribution is -2.41. The van der Waals surface area contributed by atoms with E-state index in [1.807, 2.05) is 17.5 Å². The Kier molecular flexibility index (Phi) is 5.16. The first-order valence-electron chi connectivity index (χ1n) is 7.63. The van der Waals surface area contributed by atoms with E-state index in [0.717, 1.165) is 4.88 Å². The van der Waals surface area contributed by atoms with Gasteiger partial charge in [-0.1, -0.05) is 17.7 Å². The molecule has 4 nitrogen and oxygen atoms in total. The van der Waals surface area contributed by atoms with Gasteiger partial charge in [0.15, 0.2) is 0 Å². The Hall–Kier alpha value is -1.92. The van der Waals surface area contributed by atoms with Gasteiger partial charge in [-0.05, 0) is 42.5 Å². The summed E-state index contributed by atoms with van der Waals surface area (Å²) in [7, 11) is 0. The molecule has 0 spiro atoms. The first kappa shape index (κ1) is 16.9. The Morgan fingerprint density at radius 3 is 2.62 bits per heavy atom. The molecule has 1 aliphatic rings. The minimum Gasteiger partial charge on any atom is -0.338 e. The fourth-order valence-electron chi connectivity index (χ4n) is 2.72. The molecule has 1 fully saturated rings. The van der Waals surface area contributed by atoms with E-state index in [0.29, 0.717) is 31.6 Å². The largest absolute Gasteiger partial charge is 0.338 e. The number of carbonyl (C=O) groups is 2. The molecular formula is C17H16ClFN2O2S. The average Bonchev–Trinajstić information content (AvgIpc) is 3.12. The molecule has 3 rings (SSSR count). The highest BCUT2D eigenvalue weighted by molar-refractivity contribution is 7.12. The summed E-state index contributed by atoms with van der Waals surface area (Å²) in [6.07, 6.45) is 1.22. The van der Waals surface area contributed by atoms with Gasteiger partial charge in [-0.2, -0.15) is 0 Å². The van der Waals surface area contributed by atoms with Gasteiger partial charge >= 0.3 is 0 Å². The molecule has 1 saturated heterocycles. The Morgan fingerprint density at radius 2 is 2.00 bits per heavy atom. The van der Waals surface area contributed by atoms with Crippen LogP contribution in [0.15, 0.2) is 35.7 Å². The van der Waals surface area contributed by atoms with Crippen LogP contribution in [0.2, 0.25) is 5.02 Å². The molecule has 24 heavy (non-hydrogen) atoms. The van der Waals surface area contributed by atoms with Gasteiger partial charge in [0, 0.05) is 24.7 Å². The van der Waals surface area contributed by atoms with E-state index in [4.69, 9.17) is 11.6 Å². The molecule has 0 aliphatic carbocycles. The summed E-state index contributed by atoms with van der Waals surface area (Å²) >= 11 is 7.14. The minimum atomic E-state index is -0.518. The number of likely N-dealkylation sites (tertiary alicyclic amines) is 1. The zero-order valence-corrected chi connectivity index (χ0v) is 14.4. The average molecular weight is 367 g/mol. The highest BCUT2D eigenvalue weighted by Gasteiger charge is 2.28. The van der Waals surface area contributed by atoms with Gasteiger partial charge < -0.3 is 10.2 Å². The number of anilines is 1. The number of halogens is 2. The van der Waals surface area contributed by atoms with Crippen molar-refractivity contribution >= 4 is 40.4 Å². The van der Waals surface area contributed by atoms with Crippen LogP contribution < -0.4 is 5.32 Å². The van der Waals surface area contributed by atoms with E-state index < -0.39 is 5.82 Å². The second kappa shape index (κ2) is 7.32. The van der Waals surface area contributed by atoms with Gasteiger partial charge in [0.25, 0.3) is 5.91 Å². The Balaban J connectivity index is 1.55. The second-order valence-corrected chi connectivity index (χ2v) is 7.02. The topological polar surface area (TPSA) is 49.4 Å². The fraction of sp³-hybridized carbons (Fsp3) is 0.294. The minimum absolute atomic E-state index is 0.0224. The van der Waals surface area contributed by atoms with E-state index in [9.17, 15) is 14.0 Å². The number of nitrogens with zero attached hydrogens (tertiary/aromatic N) is 1. The van der Waals surface area contributed by atoms with Crippen molar-refractivity contribution in [3.63, 3.8) is 0 Å². The van der Waals surface area contributed by atoms with Gasteiger partial charge in [-0.3, -0.25) is 9.59 Å². The van der Waals surface area contributed by atoms with Crippen LogP contribution in [0.25, 0.3) is 0 Å². The normalized spacial score (nSPS) is 15.3. The highest BCUT2D eigenvalue weighted by Crippen LogP contribution is 2.24. The molecule has 0 unspecified atom stereocenters. The molecule has 0 atom stereocenters. The van der Waals surface area contributed by atoms with Crippen LogP contribution >= 0.6 is 22.9 Å². The molecule has 2 aromatic rings. The summed E-state index contributed by atoms with van der Waals surface area (Å²) in [5.74, 6) is -0.786. The summed E-state index contributed by atoms with van der Waals surface area (Å²) < 4.78 is 13.1. The number of benzene rings is 1. The van der Waals surface area contributed by atoms with E-state index in [1.165, 1.54) is 29.5 Å². The van der Waals surface area contributed by atoms with Crippen molar-refractivity contribution in [1.82, 2.24) is 4.90 Å². The number of nitrogens with one attached hydrogen (secondary N) is 1. The fourth-order valence-corrected chi connectivity index (χ4v) is 3.59. The predicted octanol–water partition coefficient (Wildman–Crippen LogP) is 4.03. The smallest absolute Gasteiger partial charge is 0.263 e. The third-order valence-corrected chi connectivity index (χ3v) is 5.22. The lowest BCUT2D eigenvalue weighted by molar-refractivity contribution is -0.121. The molecule has 1 aromatic heterocycles. The second-order valence-electron chi connectivity index (χ2n) is 5.66. The van der Waals surface area contributed by atoms with Crippen LogP contribution in [-0.2, 0) is 4.79 Å². The van der Waals surface area contributed by atoms with Crippen molar-refractivity contribution in [3.8, 4) is 0 Å². The van der Waals surface area contributed by atoms with Gasteiger partial charge in [0.2, 0.25) is 5.91 Å². The van der Waals surface area contributed by atoms with E-state index >= 15 is 0 Å². The van der Waals surface area contributed by atoms with Crippen LogP contribution in [0.1, 0.15) is 22.5 Å². The number of amides is 2. The molecule has 0 saturated carbocycles. The summed E-state index contributed by atoms with van der Waals surface area (Å²) in [5.41, 5.74) is 0.475. The number of thiophene rings is 1. The number of hydrogen-bond acceptors (Lipinski definition) is 3. The lowest BCUT2D eigenvalue weighted by atomic mass is 9.95. The quantitative estimate of drug-likeness (QED) is 0.891. The molecule has 1 N–H and O–H groups in total. The molecule has 2 heterocycles. The SMILES string of the molecule is O=C(Nc1ccc(F)c(Cl)c1)C1CCN(C(=O)c2cccs2)CC1. The monoisotopic (exact) mass is 366 g/mol. The molecular weight excluding hydrogens is 351 g/mol. The van der Waals surface area contributed by atoms with Crippen LogP contribution in [0.4, 0.5) is 10.1 Å². The molecule has 126 valence electrons. The number of piperidine rings is 1. The number of carbonyl (C=O) groups excluding carboxylic acids is 2. The van der Waals surface area contributed by atoms with Gasteiger partial charge in [-0.15, -0.1) is 11.3 Å². The third-order valence-electron chi connectivity index (χ3n) is 4.07. The van der Waals surface area contributed by atoms with Gasteiger partial charge in [-0.25, -0.2) is 4.39 Å². The van der Waals surface area contributed by atoms with E-state index in [-0.39, 0.29) is 22.8 Å². The molecule has 7 heteroatoms. The highest BCUT2D eigenvalue weighted by atomic mass is 35.5. The summed E-state index contributed by atoms with van der Waals surface area (Å²) in [6.45, 7) is 1.11. The van der Waals surface area contributed by atoms with Crippen molar-refractivity contribution in [2.45, 2.75) is 12.8 Å². The molecule has 0 radical (unpaired) electrons. The molecule has 1 aliphatic heterocycles. The van der Waals surface area contributed by atoms with E-state index in [2.05, 4.69) is 5.32 Å². The zero-order chi connectivity index (χ0) is 17.1. The Bertz CT molecular complexity index is 743. The first-order valence-corrected chi connectivity index (χ1v) is 8.89. The molecule has 0 bridgehead atoms.